The highest BCUT2D eigenvalue weighted by atomic mass is 32.2. The summed E-state index contributed by atoms with van der Waals surface area (Å²) < 4.78 is 11.1. The average Bonchev–Trinajstić information content (AvgIpc) is 2.85. The number of ether oxygens (including phenoxy) is 2. The van der Waals surface area contributed by atoms with E-state index in [9.17, 15) is 9.59 Å². The van der Waals surface area contributed by atoms with Crippen LogP contribution in [0.1, 0.15) is 12.5 Å². The number of anilines is 2. The first-order valence-electron chi connectivity index (χ1n) is 10.9. The highest BCUT2D eigenvalue weighted by Crippen LogP contribution is 2.34. The van der Waals surface area contributed by atoms with Crippen LogP contribution >= 0.6 is 11.8 Å². The van der Waals surface area contributed by atoms with Gasteiger partial charge in [-0.25, -0.2) is 0 Å². The van der Waals surface area contributed by atoms with Gasteiger partial charge in [-0.3, -0.25) is 9.59 Å². The number of rotatable bonds is 8. The van der Waals surface area contributed by atoms with Gasteiger partial charge in [-0.05, 0) is 55.0 Å². The molecule has 2 amide bonds. The van der Waals surface area contributed by atoms with E-state index in [1.807, 2.05) is 79.7 Å². The van der Waals surface area contributed by atoms with E-state index in [1.165, 1.54) is 11.8 Å². The zero-order chi connectivity index (χ0) is 23.0. The van der Waals surface area contributed by atoms with Gasteiger partial charge in [0.05, 0.1) is 12.2 Å². The molecule has 0 spiro atoms. The number of para-hydroxylation sites is 1. The van der Waals surface area contributed by atoms with Crippen LogP contribution in [0.3, 0.4) is 0 Å². The third-order valence-electron chi connectivity index (χ3n) is 5.16. The lowest BCUT2D eigenvalue weighted by Gasteiger charge is -2.21. The minimum absolute atomic E-state index is 0.0383. The summed E-state index contributed by atoms with van der Waals surface area (Å²) in [6.45, 7) is 3.66. The standard InChI is InChI=1S/C26H26N2O4S/c1-2-28(21-6-4-3-5-7-21)26(30)16-19-8-10-20(11-9-19)27-25(29)18-33-22-12-13-23-24(17-22)32-15-14-31-23/h3-13,17H,2,14-16,18H2,1H3,(H,27,29). The number of likely N-dealkylation sites (N-methyl/N-ethyl adjacent to an activating group) is 1. The molecule has 0 atom stereocenters. The van der Waals surface area contributed by atoms with Crippen LogP contribution < -0.4 is 19.7 Å². The van der Waals surface area contributed by atoms with Crippen LogP contribution in [0, 0.1) is 0 Å². The minimum Gasteiger partial charge on any atom is -0.486 e. The largest absolute Gasteiger partial charge is 0.486 e. The molecule has 1 aliphatic rings. The fourth-order valence-electron chi connectivity index (χ4n) is 3.55. The summed E-state index contributed by atoms with van der Waals surface area (Å²) in [4.78, 5) is 27.8. The Balaban J connectivity index is 1.28. The van der Waals surface area contributed by atoms with Gasteiger partial charge in [0.1, 0.15) is 13.2 Å². The Kier molecular flexibility index (Phi) is 7.52. The number of amides is 2. The number of benzene rings is 3. The van der Waals surface area contributed by atoms with Gasteiger partial charge in [-0.15, -0.1) is 11.8 Å². The fraction of sp³-hybridized carbons (Fsp3) is 0.231. The van der Waals surface area contributed by atoms with Crippen molar-refractivity contribution in [3.05, 3.63) is 78.4 Å². The molecule has 1 N–H and O–H groups in total. The molecule has 3 aromatic carbocycles. The summed E-state index contributed by atoms with van der Waals surface area (Å²) in [5.41, 5.74) is 2.50. The Morgan fingerprint density at radius 1 is 0.939 bits per heavy atom. The smallest absolute Gasteiger partial charge is 0.234 e. The quantitative estimate of drug-likeness (QED) is 0.488. The van der Waals surface area contributed by atoms with E-state index in [0.29, 0.717) is 37.6 Å². The van der Waals surface area contributed by atoms with E-state index < -0.39 is 0 Å². The van der Waals surface area contributed by atoms with Crippen molar-refractivity contribution < 1.29 is 19.1 Å². The number of carbonyl (C=O) groups is 2. The second-order valence-corrected chi connectivity index (χ2v) is 8.54. The zero-order valence-electron chi connectivity index (χ0n) is 18.5. The molecule has 3 aromatic rings. The first-order valence-corrected chi connectivity index (χ1v) is 11.9. The maximum Gasteiger partial charge on any atom is 0.234 e. The fourth-order valence-corrected chi connectivity index (χ4v) is 4.27. The summed E-state index contributed by atoms with van der Waals surface area (Å²) in [5, 5.41) is 2.90. The molecule has 1 aliphatic heterocycles. The van der Waals surface area contributed by atoms with Crippen LogP contribution in [0.2, 0.25) is 0 Å². The highest BCUT2D eigenvalue weighted by molar-refractivity contribution is 8.00. The summed E-state index contributed by atoms with van der Waals surface area (Å²) in [6.07, 6.45) is 0.303. The molecule has 0 aromatic heterocycles. The Morgan fingerprint density at radius 2 is 1.67 bits per heavy atom. The average molecular weight is 463 g/mol. The Hall–Kier alpha value is -3.45. The SMILES string of the molecule is CCN(C(=O)Cc1ccc(NC(=O)CSc2ccc3c(c2)OCCO3)cc1)c1ccccc1. The normalized spacial score (nSPS) is 12.2. The van der Waals surface area contributed by atoms with Crippen molar-refractivity contribution in [2.75, 3.05) is 35.7 Å². The van der Waals surface area contributed by atoms with Gasteiger partial charge in [0.2, 0.25) is 11.8 Å². The number of hydrogen-bond donors (Lipinski definition) is 1. The van der Waals surface area contributed by atoms with Gasteiger partial charge in [0.25, 0.3) is 0 Å². The molecule has 0 unspecified atom stereocenters. The Morgan fingerprint density at radius 3 is 2.39 bits per heavy atom. The molecule has 0 bridgehead atoms. The molecule has 0 saturated heterocycles. The monoisotopic (exact) mass is 462 g/mol. The summed E-state index contributed by atoms with van der Waals surface area (Å²) >= 11 is 1.44. The van der Waals surface area contributed by atoms with Gasteiger partial charge < -0.3 is 19.7 Å². The Labute approximate surface area is 197 Å². The third kappa shape index (κ3) is 6.08. The number of nitrogens with one attached hydrogen (secondary N) is 1. The lowest BCUT2D eigenvalue weighted by Crippen LogP contribution is -2.31. The predicted octanol–water partition coefficient (Wildman–Crippen LogP) is 4.78. The van der Waals surface area contributed by atoms with E-state index in [2.05, 4.69) is 5.32 Å². The molecular weight excluding hydrogens is 436 g/mol. The first-order chi connectivity index (χ1) is 16.1. The van der Waals surface area contributed by atoms with E-state index in [0.717, 1.165) is 21.9 Å². The molecule has 4 rings (SSSR count). The maximum atomic E-state index is 12.8. The topological polar surface area (TPSA) is 67.9 Å². The zero-order valence-corrected chi connectivity index (χ0v) is 19.3. The van der Waals surface area contributed by atoms with E-state index in [1.54, 1.807) is 4.90 Å². The van der Waals surface area contributed by atoms with Gasteiger partial charge in [-0.2, -0.15) is 0 Å². The van der Waals surface area contributed by atoms with E-state index in [-0.39, 0.29) is 17.6 Å². The molecule has 0 saturated carbocycles. The lowest BCUT2D eigenvalue weighted by atomic mass is 10.1. The summed E-state index contributed by atoms with van der Waals surface area (Å²) in [5.74, 6) is 1.67. The molecule has 33 heavy (non-hydrogen) atoms. The Bertz CT molecular complexity index is 1100. The molecular formula is C26H26N2O4S. The van der Waals surface area contributed by atoms with Crippen molar-refractivity contribution in [1.29, 1.82) is 0 Å². The number of carbonyl (C=O) groups excluding carboxylic acids is 2. The number of fused-ring (bicyclic) bond motifs is 1. The van der Waals surface area contributed by atoms with Crippen molar-refractivity contribution in [2.45, 2.75) is 18.2 Å². The van der Waals surface area contributed by atoms with Gasteiger partial charge in [-0.1, -0.05) is 30.3 Å². The molecule has 6 nitrogen and oxygen atoms in total. The molecule has 0 radical (unpaired) electrons. The summed E-state index contributed by atoms with van der Waals surface area (Å²) in [6, 6.07) is 22.7. The van der Waals surface area contributed by atoms with Crippen molar-refractivity contribution in [3.63, 3.8) is 0 Å². The molecule has 170 valence electrons. The van der Waals surface area contributed by atoms with Crippen LogP contribution in [0.25, 0.3) is 0 Å². The highest BCUT2D eigenvalue weighted by Gasteiger charge is 2.15. The number of thioether (sulfide) groups is 1. The second-order valence-electron chi connectivity index (χ2n) is 7.49. The minimum atomic E-state index is -0.0973. The van der Waals surface area contributed by atoms with Crippen LogP contribution in [-0.2, 0) is 16.0 Å². The van der Waals surface area contributed by atoms with Crippen LogP contribution in [0.5, 0.6) is 11.5 Å². The summed E-state index contributed by atoms with van der Waals surface area (Å²) in [7, 11) is 0. The third-order valence-corrected chi connectivity index (χ3v) is 6.16. The first kappa shape index (κ1) is 22.7. The molecule has 0 aliphatic carbocycles. The lowest BCUT2D eigenvalue weighted by molar-refractivity contribution is -0.118. The van der Waals surface area contributed by atoms with Crippen molar-refractivity contribution in [1.82, 2.24) is 0 Å². The maximum absolute atomic E-state index is 12.8. The van der Waals surface area contributed by atoms with E-state index in [4.69, 9.17) is 9.47 Å². The van der Waals surface area contributed by atoms with Crippen molar-refractivity contribution >= 4 is 35.0 Å². The van der Waals surface area contributed by atoms with Gasteiger partial charge >= 0.3 is 0 Å². The van der Waals surface area contributed by atoms with Crippen molar-refractivity contribution in [3.8, 4) is 11.5 Å². The van der Waals surface area contributed by atoms with E-state index >= 15 is 0 Å². The number of nitrogens with zero attached hydrogens (tertiary/aromatic N) is 1. The number of hydrogen-bond acceptors (Lipinski definition) is 5. The van der Waals surface area contributed by atoms with Crippen molar-refractivity contribution in [2.24, 2.45) is 0 Å². The molecule has 1 heterocycles. The molecule has 7 heteroatoms. The van der Waals surface area contributed by atoms with Gasteiger partial charge in [0.15, 0.2) is 11.5 Å². The second kappa shape index (κ2) is 10.9. The predicted molar refractivity (Wildman–Crippen MR) is 131 cm³/mol. The van der Waals surface area contributed by atoms with Crippen LogP contribution in [-0.4, -0.2) is 37.3 Å². The van der Waals surface area contributed by atoms with Gasteiger partial charge in [0, 0.05) is 22.8 Å². The van der Waals surface area contributed by atoms with Crippen LogP contribution in [0.15, 0.2) is 77.7 Å². The molecule has 0 fully saturated rings. The van der Waals surface area contributed by atoms with Crippen LogP contribution in [0.4, 0.5) is 11.4 Å².